The Labute approximate surface area is 119 Å². The number of carbonyl (C=O) groups is 1. The molecule has 0 spiro atoms. The van der Waals surface area contributed by atoms with Crippen LogP contribution in [0.3, 0.4) is 0 Å². The van der Waals surface area contributed by atoms with Gasteiger partial charge in [0.25, 0.3) is 5.91 Å². The van der Waals surface area contributed by atoms with Gasteiger partial charge in [-0.25, -0.2) is 0 Å². The second-order valence-corrected chi connectivity index (χ2v) is 4.92. The van der Waals surface area contributed by atoms with Gasteiger partial charge in [-0.3, -0.25) is 4.79 Å². The molecule has 20 heavy (non-hydrogen) atoms. The molecular formula is C16H20N2O2. The van der Waals surface area contributed by atoms with E-state index >= 15 is 0 Å². The van der Waals surface area contributed by atoms with E-state index in [1.54, 1.807) is 0 Å². The van der Waals surface area contributed by atoms with Crippen LogP contribution in [0.25, 0.3) is 0 Å². The zero-order valence-corrected chi connectivity index (χ0v) is 11.7. The predicted molar refractivity (Wildman–Crippen MR) is 78.4 cm³/mol. The Hall–Kier alpha value is -1.83. The highest BCUT2D eigenvalue weighted by Crippen LogP contribution is 2.12. The molecule has 1 atom stereocenters. The van der Waals surface area contributed by atoms with E-state index in [0.29, 0.717) is 18.7 Å². The summed E-state index contributed by atoms with van der Waals surface area (Å²) in [5, 5.41) is 3.00. The maximum absolute atomic E-state index is 12.2. The number of ether oxygens (including phenoxy) is 1. The van der Waals surface area contributed by atoms with Gasteiger partial charge in [-0.2, -0.15) is 0 Å². The summed E-state index contributed by atoms with van der Waals surface area (Å²) in [4.78, 5) is 12.2. The van der Waals surface area contributed by atoms with Crippen LogP contribution in [0, 0.1) is 18.8 Å². The molecule has 1 heterocycles. The third-order valence-corrected chi connectivity index (χ3v) is 3.32. The summed E-state index contributed by atoms with van der Waals surface area (Å²) < 4.78 is 5.36. The van der Waals surface area contributed by atoms with E-state index in [2.05, 4.69) is 17.2 Å². The van der Waals surface area contributed by atoms with Gasteiger partial charge >= 0.3 is 0 Å². The number of rotatable bonds is 2. The molecule has 0 aliphatic carbocycles. The molecule has 4 heteroatoms. The van der Waals surface area contributed by atoms with Gasteiger partial charge in [0, 0.05) is 17.7 Å². The highest BCUT2D eigenvalue weighted by atomic mass is 16.5. The lowest BCUT2D eigenvalue weighted by atomic mass is 10.0. The highest BCUT2D eigenvalue weighted by Gasteiger charge is 2.17. The molecule has 106 valence electrons. The average molecular weight is 272 g/mol. The van der Waals surface area contributed by atoms with E-state index in [-0.39, 0.29) is 11.9 Å². The third kappa shape index (κ3) is 3.83. The first-order valence-corrected chi connectivity index (χ1v) is 6.89. The first-order valence-electron chi connectivity index (χ1n) is 6.89. The van der Waals surface area contributed by atoms with Crippen molar-refractivity contribution in [2.45, 2.75) is 25.8 Å². The minimum atomic E-state index is -0.0729. The van der Waals surface area contributed by atoms with Gasteiger partial charge in [-0.15, -0.1) is 0 Å². The Kier molecular flexibility index (Phi) is 5.16. The van der Waals surface area contributed by atoms with E-state index < -0.39 is 0 Å². The van der Waals surface area contributed by atoms with Crippen molar-refractivity contribution >= 4 is 5.91 Å². The second-order valence-electron chi connectivity index (χ2n) is 4.92. The summed E-state index contributed by atoms with van der Waals surface area (Å²) in [6.45, 7) is 3.67. The predicted octanol–water partition coefficient (Wildman–Crippen LogP) is 1.21. The summed E-state index contributed by atoms with van der Waals surface area (Å²) in [5.74, 6) is 5.74. The molecule has 1 fully saturated rings. The number of nitrogens with two attached hydrogens (primary N) is 1. The quantitative estimate of drug-likeness (QED) is 0.796. The van der Waals surface area contributed by atoms with Gasteiger partial charge in [0.2, 0.25) is 0 Å². The Balaban J connectivity index is 2.09. The molecule has 0 radical (unpaired) electrons. The summed E-state index contributed by atoms with van der Waals surface area (Å²) in [5.41, 5.74) is 7.90. The van der Waals surface area contributed by atoms with Crippen LogP contribution in [0.5, 0.6) is 0 Å². The fourth-order valence-corrected chi connectivity index (χ4v) is 2.17. The summed E-state index contributed by atoms with van der Waals surface area (Å²) >= 11 is 0. The first-order chi connectivity index (χ1) is 9.70. The Bertz CT molecular complexity index is 537. The minimum Gasteiger partial charge on any atom is -0.379 e. The maximum Gasteiger partial charge on any atom is 0.251 e. The van der Waals surface area contributed by atoms with Crippen LogP contribution >= 0.6 is 0 Å². The topological polar surface area (TPSA) is 64.3 Å². The summed E-state index contributed by atoms with van der Waals surface area (Å²) in [6, 6.07) is 5.65. The van der Waals surface area contributed by atoms with Crippen molar-refractivity contribution in [1.82, 2.24) is 5.32 Å². The molecular weight excluding hydrogens is 252 g/mol. The smallest absolute Gasteiger partial charge is 0.251 e. The molecule has 1 aliphatic heterocycles. The van der Waals surface area contributed by atoms with Gasteiger partial charge in [0.15, 0.2) is 0 Å². The molecule has 4 nitrogen and oxygen atoms in total. The van der Waals surface area contributed by atoms with E-state index in [4.69, 9.17) is 10.5 Å². The van der Waals surface area contributed by atoms with E-state index in [1.807, 2.05) is 25.1 Å². The van der Waals surface area contributed by atoms with Gasteiger partial charge < -0.3 is 15.8 Å². The van der Waals surface area contributed by atoms with Crippen molar-refractivity contribution in [1.29, 1.82) is 0 Å². The number of hydrogen-bond acceptors (Lipinski definition) is 3. The van der Waals surface area contributed by atoms with Crippen molar-refractivity contribution < 1.29 is 9.53 Å². The van der Waals surface area contributed by atoms with Gasteiger partial charge in [-0.05, 0) is 37.5 Å². The first kappa shape index (κ1) is 14.6. The van der Waals surface area contributed by atoms with Gasteiger partial charge in [0.1, 0.15) is 0 Å². The second kappa shape index (κ2) is 7.09. The highest BCUT2D eigenvalue weighted by molar-refractivity contribution is 5.94. The number of amides is 1. The lowest BCUT2D eigenvalue weighted by molar-refractivity contribution is 0.0624. The monoisotopic (exact) mass is 272 g/mol. The van der Waals surface area contributed by atoms with Crippen LogP contribution in [0.2, 0.25) is 0 Å². The van der Waals surface area contributed by atoms with E-state index in [1.165, 1.54) is 0 Å². The Morgan fingerprint density at radius 3 is 3.10 bits per heavy atom. The van der Waals surface area contributed by atoms with Crippen LogP contribution in [0.15, 0.2) is 18.2 Å². The molecule has 2 rings (SSSR count). The Morgan fingerprint density at radius 2 is 2.40 bits per heavy atom. The number of nitrogens with one attached hydrogen (secondary N) is 1. The largest absolute Gasteiger partial charge is 0.379 e. The molecule has 0 saturated carbocycles. The van der Waals surface area contributed by atoms with Crippen molar-refractivity contribution in [2.75, 3.05) is 19.8 Å². The van der Waals surface area contributed by atoms with Gasteiger partial charge in [-0.1, -0.05) is 17.9 Å². The summed E-state index contributed by atoms with van der Waals surface area (Å²) in [7, 11) is 0. The molecule has 1 amide bonds. The SMILES string of the molecule is Cc1ccc(C(=O)NC2CCCOC2)cc1C#CCN. The molecule has 1 aliphatic rings. The normalized spacial score (nSPS) is 18.0. The van der Waals surface area contributed by atoms with Crippen molar-refractivity contribution in [3.05, 3.63) is 34.9 Å². The molecule has 0 aromatic heterocycles. The number of carbonyl (C=O) groups excluding carboxylic acids is 1. The molecule has 3 N–H and O–H groups in total. The average Bonchev–Trinajstić information content (AvgIpc) is 2.47. The Morgan fingerprint density at radius 1 is 1.55 bits per heavy atom. The van der Waals surface area contributed by atoms with Crippen LogP contribution in [0.1, 0.15) is 34.3 Å². The lowest BCUT2D eigenvalue weighted by Gasteiger charge is -2.23. The van der Waals surface area contributed by atoms with Gasteiger partial charge in [0.05, 0.1) is 19.2 Å². The summed E-state index contributed by atoms with van der Waals surface area (Å²) in [6.07, 6.45) is 1.96. The number of benzene rings is 1. The van der Waals surface area contributed by atoms with Crippen molar-refractivity contribution in [3.63, 3.8) is 0 Å². The van der Waals surface area contributed by atoms with Crippen LogP contribution in [-0.4, -0.2) is 31.7 Å². The molecule has 1 unspecified atom stereocenters. The van der Waals surface area contributed by atoms with Crippen LogP contribution in [0.4, 0.5) is 0 Å². The fraction of sp³-hybridized carbons (Fsp3) is 0.438. The zero-order valence-electron chi connectivity index (χ0n) is 11.7. The maximum atomic E-state index is 12.2. The van der Waals surface area contributed by atoms with Crippen molar-refractivity contribution in [2.24, 2.45) is 5.73 Å². The van der Waals surface area contributed by atoms with Crippen LogP contribution < -0.4 is 11.1 Å². The molecule has 1 aromatic rings. The third-order valence-electron chi connectivity index (χ3n) is 3.32. The standard InChI is InChI=1S/C16H20N2O2/c1-12-6-7-14(10-13(12)4-2-8-17)16(19)18-15-5-3-9-20-11-15/h6-7,10,15H,3,5,8-9,11,17H2,1H3,(H,18,19). The lowest BCUT2D eigenvalue weighted by Crippen LogP contribution is -2.40. The van der Waals surface area contributed by atoms with Crippen LogP contribution in [-0.2, 0) is 4.74 Å². The molecule has 1 aromatic carbocycles. The molecule has 1 saturated heterocycles. The minimum absolute atomic E-state index is 0.0729. The van der Waals surface area contributed by atoms with E-state index in [0.717, 1.165) is 30.6 Å². The number of aryl methyl sites for hydroxylation is 1. The number of hydrogen-bond donors (Lipinski definition) is 2. The fourth-order valence-electron chi connectivity index (χ4n) is 2.17. The zero-order chi connectivity index (χ0) is 14.4. The van der Waals surface area contributed by atoms with Crippen molar-refractivity contribution in [3.8, 4) is 11.8 Å². The molecule has 0 bridgehead atoms. The van der Waals surface area contributed by atoms with E-state index in [9.17, 15) is 4.79 Å².